The Morgan fingerprint density at radius 2 is 1.84 bits per heavy atom. The number of nitrogens with zero attached hydrogens (tertiary/aromatic N) is 5. The first-order valence-electron chi connectivity index (χ1n) is 10.4. The van der Waals surface area contributed by atoms with E-state index in [0.717, 1.165) is 71.0 Å². The monoisotopic (exact) mass is 422 g/mol. The van der Waals surface area contributed by atoms with Gasteiger partial charge in [0.2, 0.25) is 6.41 Å². The number of hydrogen-bond donors (Lipinski definition) is 1. The molecule has 0 spiro atoms. The van der Waals surface area contributed by atoms with Gasteiger partial charge in [0.05, 0.1) is 35.9 Å². The van der Waals surface area contributed by atoms with Gasteiger partial charge in [-0.05, 0) is 58.5 Å². The van der Waals surface area contributed by atoms with E-state index in [4.69, 9.17) is 9.84 Å². The van der Waals surface area contributed by atoms with E-state index in [9.17, 15) is 4.79 Å². The van der Waals surface area contributed by atoms with Crippen LogP contribution in [0.2, 0.25) is 0 Å². The molecule has 0 bridgehead atoms. The van der Waals surface area contributed by atoms with Crippen molar-refractivity contribution in [2.75, 3.05) is 65.2 Å². The average Bonchev–Trinajstić information content (AvgIpc) is 3.13. The first-order chi connectivity index (χ1) is 14.9. The van der Waals surface area contributed by atoms with Crippen LogP contribution >= 0.6 is 0 Å². The van der Waals surface area contributed by atoms with Gasteiger partial charge in [0.1, 0.15) is 11.4 Å². The Bertz CT molecular complexity index is 1110. The Morgan fingerprint density at radius 3 is 2.52 bits per heavy atom. The smallest absolute Gasteiger partial charge is 0.214 e. The van der Waals surface area contributed by atoms with Crippen LogP contribution in [0.25, 0.3) is 22.2 Å². The van der Waals surface area contributed by atoms with Gasteiger partial charge in [-0.25, -0.2) is 0 Å². The minimum Gasteiger partial charge on any atom is -0.497 e. The van der Waals surface area contributed by atoms with E-state index in [-0.39, 0.29) is 0 Å². The molecule has 0 fully saturated rings. The number of benzene rings is 2. The number of amides is 1. The second-order valence-electron chi connectivity index (χ2n) is 8.37. The summed E-state index contributed by atoms with van der Waals surface area (Å²) in [5.41, 5.74) is 5.71. The quantitative estimate of drug-likeness (QED) is 0.419. The van der Waals surface area contributed by atoms with Crippen LogP contribution in [0.3, 0.4) is 0 Å². The van der Waals surface area contributed by atoms with Crippen molar-refractivity contribution < 1.29 is 9.53 Å². The van der Waals surface area contributed by atoms with Crippen LogP contribution in [0.5, 0.6) is 5.75 Å². The lowest BCUT2D eigenvalue weighted by molar-refractivity contribution is -0.107. The van der Waals surface area contributed by atoms with Crippen LogP contribution in [0.4, 0.5) is 17.1 Å². The summed E-state index contributed by atoms with van der Waals surface area (Å²) in [4.78, 5) is 18.0. The fourth-order valence-corrected chi connectivity index (χ4v) is 3.91. The molecule has 1 amide bonds. The fraction of sp³-hybridized carbons (Fsp3) is 0.391. The average molecular weight is 423 g/mol. The Balaban J connectivity index is 1.89. The first kappa shape index (κ1) is 21.1. The molecule has 164 valence electrons. The Hall–Kier alpha value is -3.10. The highest BCUT2D eigenvalue weighted by Gasteiger charge is 2.27. The van der Waals surface area contributed by atoms with E-state index in [0.29, 0.717) is 6.54 Å². The van der Waals surface area contributed by atoms with Gasteiger partial charge >= 0.3 is 0 Å². The number of anilines is 3. The molecule has 1 aliphatic rings. The maximum atomic E-state index is 12.0. The molecule has 31 heavy (non-hydrogen) atoms. The predicted octanol–water partition coefficient (Wildman–Crippen LogP) is 2.85. The molecule has 2 aromatic carbocycles. The van der Waals surface area contributed by atoms with Crippen molar-refractivity contribution in [2.45, 2.75) is 6.54 Å². The predicted molar refractivity (Wildman–Crippen MR) is 126 cm³/mol. The van der Waals surface area contributed by atoms with Crippen LogP contribution < -0.4 is 15.0 Å². The zero-order valence-corrected chi connectivity index (χ0v) is 18.8. The number of carbonyl (C=O) groups excluding carboxylic acids is 1. The number of nitrogens with one attached hydrogen (secondary N) is 1. The molecule has 1 N–H and O–H groups in total. The van der Waals surface area contributed by atoms with Crippen molar-refractivity contribution >= 4 is 34.4 Å². The Labute approximate surface area is 183 Å². The standard InChI is InChI=1S/C23H30N6O2/c1-26(2)10-12-28(15-30)20-9-8-19-21-22(25-29(19)13-11-27(3)4)17-14-16(31-5)6-7-18(17)24-23(20)21/h6-9,14-15,24H,10-13H2,1-5H3. The van der Waals surface area contributed by atoms with Crippen LogP contribution in [-0.4, -0.2) is 80.9 Å². The van der Waals surface area contributed by atoms with E-state index in [2.05, 4.69) is 40.0 Å². The molecule has 0 unspecified atom stereocenters. The van der Waals surface area contributed by atoms with Crippen molar-refractivity contribution in [3.05, 3.63) is 30.3 Å². The summed E-state index contributed by atoms with van der Waals surface area (Å²) in [6, 6.07) is 10.0. The number of likely N-dealkylation sites (N-methyl/N-ethyl adjacent to an activating group) is 2. The highest BCUT2D eigenvalue weighted by atomic mass is 16.5. The third kappa shape index (κ3) is 3.96. The van der Waals surface area contributed by atoms with Crippen LogP contribution in [-0.2, 0) is 11.3 Å². The SMILES string of the molecule is COc1ccc2c(c1)-c1nn(CCN(C)C)c3ccc(N(C=O)CCN(C)C)c(c13)N2. The summed E-state index contributed by atoms with van der Waals surface area (Å²) in [6.45, 7) is 3.05. The van der Waals surface area contributed by atoms with Gasteiger partial charge in [0.25, 0.3) is 0 Å². The minimum atomic E-state index is 0.607. The van der Waals surface area contributed by atoms with E-state index < -0.39 is 0 Å². The molecule has 1 aromatic heterocycles. The van der Waals surface area contributed by atoms with Crippen LogP contribution in [0.1, 0.15) is 0 Å². The summed E-state index contributed by atoms with van der Waals surface area (Å²) in [5, 5.41) is 9.60. The second kappa shape index (κ2) is 8.56. The lowest BCUT2D eigenvalue weighted by Crippen LogP contribution is -2.31. The van der Waals surface area contributed by atoms with Gasteiger partial charge in [-0.15, -0.1) is 0 Å². The van der Waals surface area contributed by atoms with Gasteiger partial charge in [-0.1, -0.05) is 0 Å². The first-order valence-corrected chi connectivity index (χ1v) is 10.4. The summed E-state index contributed by atoms with van der Waals surface area (Å²) < 4.78 is 7.51. The number of aromatic nitrogens is 2. The molecular weight excluding hydrogens is 392 g/mol. The topological polar surface area (TPSA) is 65.9 Å². The Morgan fingerprint density at radius 1 is 1.06 bits per heavy atom. The Kier molecular flexibility index (Phi) is 5.84. The number of hydrogen-bond acceptors (Lipinski definition) is 6. The van der Waals surface area contributed by atoms with Crippen molar-refractivity contribution in [1.29, 1.82) is 0 Å². The van der Waals surface area contributed by atoms with Crippen molar-refractivity contribution in [2.24, 2.45) is 0 Å². The molecule has 0 saturated carbocycles. The van der Waals surface area contributed by atoms with Gasteiger partial charge in [-0.3, -0.25) is 9.48 Å². The van der Waals surface area contributed by atoms with Crippen LogP contribution in [0, 0.1) is 0 Å². The maximum absolute atomic E-state index is 12.0. The van der Waals surface area contributed by atoms with Crippen LogP contribution in [0.15, 0.2) is 30.3 Å². The normalized spacial score (nSPS) is 12.2. The lowest BCUT2D eigenvalue weighted by Gasteiger charge is -2.26. The molecule has 0 atom stereocenters. The second-order valence-corrected chi connectivity index (χ2v) is 8.37. The molecule has 0 saturated heterocycles. The molecule has 0 radical (unpaired) electrons. The molecule has 1 aliphatic heterocycles. The molecule has 4 rings (SSSR count). The summed E-state index contributed by atoms with van der Waals surface area (Å²) >= 11 is 0. The van der Waals surface area contributed by atoms with Gasteiger partial charge < -0.3 is 24.8 Å². The number of rotatable bonds is 9. The maximum Gasteiger partial charge on any atom is 0.214 e. The summed E-state index contributed by atoms with van der Waals surface area (Å²) in [5.74, 6) is 0.789. The molecule has 8 heteroatoms. The molecule has 0 aliphatic carbocycles. The summed E-state index contributed by atoms with van der Waals surface area (Å²) in [6.07, 6.45) is 0.905. The van der Waals surface area contributed by atoms with Crippen molar-refractivity contribution in [1.82, 2.24) is 19.6 Å². The summed E-state index contributed by atoms with van der Waals surface area (Å²) in [7, 11) is 9.79. The van der Waals surface area contributed by atoms with Gasteiger partial charge in [0, 0.05) is 30.9 Å². The molecule has 2 heterocycles. The zero-order chi connectivity index (χ0) is 22.1. The van der Waals surface area contributed by atoms with Gasteiger partial charge in [-0.2, -0.15) is 5.10 Å². The molecule has 8 nitrogen and oxygen atoms in total. The van der Waals surface area contributed by atoms with E-state index in [1.807, 2.05) is 38.4 Å². The number of ether oxygens (including phenoxy) is 1. The molecular formula is C23H30N6O2. The van der Waals surface area contributed by atoms with Crippen molar-refractivity contribution in [3.63, 3.8) is 0 Å². The van der Waals surface area contributed by atoms with E-state index in [1.54, 1.807) is 12.0 Å². The number of methoxy groups -OCH3 is 1. The largest absolute Gasteiger partial charge is 0.497 e. The van der Waals surface area contributed by atoms with E-state index >= 15 is 0 Å². The third-order valence-electron chi connectivity index (χ3n) is 5.62. The molecule has 3 aromatic rings. The number of carbonyl (C=O) groups is 1. The lowest BCUT2D eigenvalue weighted by atomic mass is 9.98. The highest BCUT2D eigenvalue weighted by Crippen LogP contribution is 2.48. The fourth-order valence-electron chi connectivity index (χ4n) is 3.91. The minimum absolute atomic E-state index is 0.607. The van der Waals surface area contributed by atoms with Gasteiger partial charge in [0.15, 0.2) is 0 Å². The number of fused-ring (bicyclic) bond motifs is 2. The third-order valence-corrected chi connectivity index (χ3v) is 5.62. The van der Waals surface area contributed by atoms with E-state index in [1.165, 1.54) is 0 Å². The highest BCUT2D eigenvalue weighted by molar-refractivity contribution is 6.14. The van der Waals surface area contributed by atoms with Crippen molar-refractivity contribution in [3.8, 4) is 17.0 Å². The zero-order valence-electron chi connectivity index (χ0n) is 18.8.